The molecule has 4 aromatic rings. The van der Waals surface area contributed by atoms with E-state index in [4.69, 9.17) is 0 Å². The van der Waals surface area contributed by atoms with Gasteiger partial charge in [0.05, 0.1) is 11.6 Å². The van der Waals surface area contributed by atoms with E-state index in [1.165, 1.54) is 0 Å². The molecule has 2 N–H and O–H groups in total. The molecule has 0 atom stereocenters. The third-order valence-corrected chi connectivity index (χ3v) is 3.90. The van der Waals surface area contributed by atoms with Crippen molar-refractivity contribution in [2.45, 2.75) is 6.04 Å². The fraction of sp³-hybridized carbons (Fsp3) is 0.0526. The minimum atomic E-state index is -0.157. The Hall–Kier alpha value is -3.54. The highest BCUT2D eigenvalue weighted by Crippen LogP contribution is 2.30. The molecule has 122 valence electrons. The van der Waals surface area contributed by atoms with Gasteiger partial charge in [0.25, 0.3) is 0 Å². The molecule has 3 heterocycles. The number of hydrogen-bond acceptors (Lipinski definition) is 6. The number of fused-ring (bicyclic) bond motifs is 1. The van der Waals surface area contributed by atoms with Crippen LogP contribution in [0.4, 0.5) is 5.69 Å². The first-order valence-corrected chi connectivity index (χ1v) is 7.81. The maximum atomic E-state index is 10.2. The van der Waals surface area contributed by atoms with Crippen LogP contribution in [-0.2, 0) is 0 Å². The molecule has 0 radical (unpaired) electrons. The Morgan fingerprint density at radius 2 is 1.52 bits per heavy atom. The van der Waals surface area contributed by atoms with Crippen molar-refractivity contribution >= 4 is 16.7 Å². The summed E-state index contributed by atoms with van der Waals surface area (Å²) in [6, 6.07) is 11.1. The van der Waals surface area contributed by atoms with Gasteiger partial charge in [0.2, 0.25) is 0 Å². The Morgan fingerprint density at radius 1 is 0.840 bits per heavy atom. The molecular weight excluding hydrogens is 314 g/mol. The summed E-state index contributed by atoms with van der Waals surface area (Å²) in [5.74, 6) is 0.0872. The predicted octanol–water partition coefficient (Wildman–Crippen LogP) is 3.33. The summed E-state index contributed by atoms with van der Waals surface area (Å²) in [4.78, 5) is 16.8. The van der Waals surface area contributed by atoms with Crippen molar-refractivity contribution in [2.75, 3.05) is 5.32 Å². The summed E-state index contributed by atoms with van der Waals surface area (Å²) >= 11 is 0. The SMILES string of the molecule is Oc1cc(NC(c2cccnc2)c2cccnc2)cc2nccnc12. The maximum Gasteiger partial charge on any atom is 0.145 e. The van der Waals surface area contributed by atoms with Gasteiger partial charge in [-0.15, -0.1) is 0 Å². The number of nitrogens with zero attached hydrogens (tertiary/aromatic N) is 4. The first kappa shape index (κ1) is 15.0. The van der Waals surface area contributed by atoms with Crippen LogP contribution in [-0.4, -0.2) is 25.0 Å². The maximum absolute atomic E-state index is 10.2. The molecule has 0 aliphatic carbocycles. The number of anilines is 1. The zero-order valence-electron chi connectivity index (χ0n) is 13.2. The highest BCUT2D eigenvalue weighted by atomic mass is 16.3. The fourth-order valence-corrected chi connectivity index (χ4v) is 2.76. The molecule has 0 aliphatic rings. The number of phenolic OH excluding ortho intramolecular Hbond substituents is 1. The summed E-state index contributed by atoms with van der Waals surface area (Å²) < 4.78 is 0. The number of hydrogen-bond donors (Lipinski definition) is 2. The van der Waals surface area contributed by atoms with Gasteiger partial charge in [-0.25, -0.2) is 4.98 Å². The molecule has 0 fully saturated rings. The highest BCUT2D eigenvalue weighted by molar-refractivity contribution is 5.84. The van der Waals surface area contributed by atoms with Crippen LogP contribution in [0, 0.1) is 0 Å². The topological polar surface area (TPSA) is 83.8 Å². The minimum Gasteiger partial charge on any atom is -0.506 e. The van der Waals surface area contributed by atoms with E-state index in [0.717, 1.165) is 16.8 Å². The second-order valence-corrected chi connectivity index (χ2v) is 5.57. The Labute approximate surface area is 144 Å². The number of nitrogens with one attached hydrogen (secondary N) is 1. The highest BCUT2D eigenvalue weighted by Gasteiger charge is 2.16. The molecular formula is C19H15N5O. The molecule has 0 saturated heterocycles. The van der Waals surface area contributed by atoms with E-state index >= 15 is 0 Å². The number of aromatic hydroxyl groups is 1. The first-order chi connectivity index (χ1) is 12.3. The Balaban J connectivity index is 1.77. The smallest absolute Gasteiger partial charge is 0.145 e. The molecule has 0 saturated carbocycles. The molecule has 3 aromatic heterocycles. The van der Waals surface area contributed by atoms with Gasteiger partial charge >= 0.3 is 0 Å². The van der Waals surface area contributed by atoms with Crippen molar-refractivity contribution in [3.63, 3.8) is 0 Å². The standard InChI is InChI=1S/C19H15N5O/c25-17-10-15(9-16-19(17)23-8-7-22-16)24-18(13-3-1-5-20-11-13)14-4-2-6-21-12-14/h1-12,18,24-25H. The molecule has 0 spiro atoms. The predicted molar refractivity (Wildman–Crippen MR) is 95.1 cm³/mol. The van der Waals surface area contributed by atoms with Crippen molar-refractivity contribution < 1.29 is 5.11 Å². The Bertz CT molecular complexity index is 953. The molecule has 0 bridgehead atoms. The monoisotopic (exact) mass is 329 g/mol. The van der Waals surface area contributed by atoms with E-state index in [2.05, 4.69) is 25.3 Å². The molecule has 4 rings (SSSR count). The third-order valence-electron chi connectivity index (χ3n) is 3.90. The largest absolute Gasteiger partial charge is 0.506 e. The van der Waals surface area contributed by atoms with Gasteiger partial charge in [-0.2, -0.15) is 0 Å². The zero-order valence-corrected chi connectivity index (χ0v) is 13.2. The lowest BCUT2D eigenvalue weighted by Gasteiger charge is -2.20. The fourth-order valence-electron chi connectivity index (χ4n) is 2.76. The van der Waals surface area contributed by atoms with E-state index in [1.54, 1.807) is 30.9 Å². The molecule has 0 amide bonds. The zero-order chi connectivity index (χ0) is 17.1. The van der Waals surface area contributed by atoms with Crippen molar-refractivity contribution in [1.29, 1.82) is 0 Å². The second kappa shape index (κ2) is 6.52. The number of benzene rings is 1. The number of pyridine rings is 2. The van der Waals surface area contributed by atoms with E-state index in [1.807, 2.05) is 42.7 Å². The van der Waals surface area contributed by atoms with Crippen molar-refractivity contribution in [1.82, 2.24) is 19.9 Å². The van der Waals surface area contributed by atoms with Gasteiger partial charge in [0, 0.05) is 48.9 Å². The lowest BCUT2D eigenvalue weighted by atomic mass is 10.0. The van der Waals surface area contributed by atoms with Crippen molar-refractivity contribution in [2.24, 2.45) is 0 Å². The van der Waals surface area contributed by atoms with Gasteiger partial charge in [0.1, 0.15) is 11.3 Å². The average Bonchev–Trinajstić information content (AvgIpc) is 2.67. The molecule has 1 aromatic carbocycles. The Morgan fingerprint density at radius 3 is 2.16 bits per heavy atom. The average molecular weight is 329 g/mol. The van der Waals surface area contributed by atoms with Crippen LogP contribution < -0.4 is 5.32 Å². The minimum absolute atomic E-state index is 0.0872. The second-order valence-electron chi connectivity index (χ2n) is 5.57. The van der Waals surface area contributed by atoms with Crippen LogP contribution in [0.25, 0.3) is 11.0 Å². The van der Waals surface area contributed by atoms with E-state index in [9.17, 15) is 5.11 Å². The first-order valence-electron chi connectivity index (χ1n) is 7.81. The van der Waals surface area contributed by atoms with Crippen LogP contribution in [0.15, 0.2) is 73.6 Å². The van der Waals surface area contributed by atoms with Crippen LogP contribution >= 0.6 is 0 Å². The van der Waals surface area contributed by atoms with Crippen LogP contribution in [0.2, 0.25) is 0 Å². The van der Waals surface area contributed by atoms with Gasteiger partial charge in [-0.3, -0.25) is 15.0 Å². The normalized spacial score (nSPS) is 10.9. The summed E-state index contributed by atoms with van der Waals surface area (Å²) in [7, 11) is 0. The van der Waals surface area contributed by atoms with Crippen LogP contribution in [0.1, 0.15) is 17.2 Å². The molecule has 0 unspecified atom stereocenters. The van der Waals surface area contributed by atoms with Crippen molar-refractivity contribution in [3.8, 4) is 5.75 Å². The summed E-state index contributed by atoms with van der Waals surface area (Å²) in [6.45, 7) is 0. The Kier molecular flexibility index (Phi) is 3.92. The van der Waals surface area contributed by atoms with Gasteiger partial charge in [-0.1, -0.05) is 12.1 Å². The quantitative estimate of drug-likeness (QED) is 0.597. The molecule has 6 heteroatoms. The summed E-state index contributed by atoms with van der Waals surface area (Å²) in [6.07, 6.45) is 10.3. The van der Waals surface area contributed by atoms with E-state index in [0.29, 0.717) is 11.0 Å². The summed E-state index contributed by atoms with van der Waals surface area (Å²) in [5.41, 5.74) is 3.83. The number of rotatable bonds is 4. The molecule has 6 nitrogen and oxygen atoms in total. The van der Waals surface area contributed by atoms with Crippen molar-refractivity contribution in [3.05, 3.63) is 84.7 Å². The van der Waals surface area contributed by atoms with Gasteiger partial charge in [0.15, 0.2) is 0 Å². The molecule has 0 aliphatic heterocycles. The van der Waals surface area contributed by atoms with Crippen LogP contribution in [0.3, 0.4) is 0 Å². The number of aromatic nitrogens is 4. The van der Waals surface area contributed by atoms with E-state index < -0.39 is 0 Å². The number of phenols is 1. The lowest BCUT2D eigenvalue weighted by Crippen LogP contribution is -2.13. The van der Waals surface area contributed by atoms with Gasteiger partial charge in [-0.05, 0) is 29.3 Å². The van der Waals surface area contributed by atoms with E-state index in [-0.39, 0.29) is 11.8 Å². The summed E-state index contributed by atoms with van der Waals surface area (Å²) in [5, 5.41) is 13.7. The van der Waals surface area contributed by atoms with Gasteiger partial charge < -0.3 is 10.4 Å². The lowest BCUT2D eigenvalue weighted by molar-refractivity contribution is 0.480. The molecule has 25 heavy (non-hydrogen) atoms. The van der Waals surface area contributed by atoms with Crippen LogP contribution in [0.5, 0.6) is 5.75 Å². The third kappa shape index (κ3) is 3.10.